The highest BCUT2D eigenvalue weighted by atomic mass is 127. The van der Waals surface area contributed by atoms with Crippen molar-refractivity contribution in [2.75, 3.05) is 7.05 Å². The summed E-state index contributed by atoms with van der Waals surface area (Å²) < 4.78 is 29.2. The van der Waals surface area contributed by atoms with Crippen LogP contribution in [0.2, 0.25) is 0 Å². The van der Waals surface area contributed by atoms with Crippen LogP contribution in [-0.4, -0.2) is 7.05 Å². The quantitative estimate of drug-likeness (QED) is 0.518. The lowest BCUT2D eigenvalue weighted by molar-refractivity contribution is 0.512. The lowest BCUT2D eigenvalue weighted by atomic mass is 9.98. The van der Waals surface area contributed by atoms with Crippen LogP contribution in [0.5, 0.6) is 0 Å². The molecular weight excluding hydrogens is 439 g/mol. The lowest BCUT2D eigenvalue weighted by Crippen LogP contribution is -2.20. The second kappa shape index (κ2) is 6.95. The molecule has 0 saturated heterocycles. The molecule has 0 heterocycles. The van der Waals surface area contributed by atoms with Crippen molar-refractivity contribution >= 4 is 38.5 Å². The van der Waals surface area contributed by atoms with E-state index in [0.717, 1.165) is 9.13 Å². The maximum Gasteiger partial charge on any atom is 0.143 e. The van der Waals surface area contributed by atoms with Crippen molar-refractivity contribution in [3.05, 3.63) is 67.2 Å². The van der Waals surface area contributed by atoms with Crippen molar-refractivity contribution in [3.8, 4) is 0 Å². The minimum absolute atomic E-state index is 0.0947. The molecule has 1 atom stereocenters. The zero-order chi connectivity index (χ0) is 14.7. The van der Waals surface area contributed by atoms with Crippen LogP contribution in [0.1, 0.15) is 17.2 Å². The van der Waals surface area contributed by atoms with Gasteiger partial charge in [0, 0.05) is 15.2 Å². The molecule has 0 aliphatic carbocycles. The molecule has 0 fully saturated rings. The fourth-order valence-corrected chi connectivity index (χ4v) is 2.77. The number of likely N-dealkylation sites (N-methyl/N-ethyl adjacent to an activating group) is 1. The van der Waals surface area contributed by atoms with Crippen molar-refractivity contribution in [3.63, 3.8) is 0 Å². The van der Waals surface area contributed by atoms with Crippen LogP contribution in [0.15, 0.2) is 40.9 Å². The van der Waals surface area contributed by atoms with Gasteiger partial charge in [-0.25, -0.2) is 8.78 Å². The fourth-order valence-electron chi connectivity index (χ4n) is 2.04. The predicted molar refractivity (Wildman–Crippen MR) is 88.7 cm³/mol. The molecule has 0 saturated carbocycles. The van der Waals surface area contributed by atoms with E-state index in [9.17, 15) is 8.78 Å². The smallest absolute Gasteiger partial charge is 0.143 e. The summed E-state index contributed by atoms with van der Waals surface area (Å²) in [7, 11) is 1.79. The van der Waals surface area contributed by atoms with Gasteiger partial charge in [-0.3, -0.25) is 0 Å². The number of rotatable bonds is 4. The normalized spacial score (nSPS) is 12.4. The summed E-state index contributed by atoms with van der Waals surface area (Å²) in [4.78, 5) is 0. The van der Waals surface area contributed by atoms with Crippen LogP contribution in [-0.2, 0) is 6.42 Å². The van der Waals surface area contributed by atoms with Gasteiger partial charge in [0.25, 0.3) is 0 Å². The molecule has 0 spiro atoms. The Morgan fingerprint density at radius 1 is 1.15 bits per heavy atom. The fraction of sp³-hybridized carbons (Fsp3) is 0.200. The van der Waals surface area contributed by atoms with Crippen LogP contribution in [0, 0.1) is 15.2 Å². The first-order valence-corrected chi connectivity index (χ1v) is 7.95. The van der Waals surface area contributed by atoms with Crippen molar-refractivity contribution < 1.29 is 8.78 Å². The molecule has 0 aliphatic heterocycles. The van der Waals surface area contributed by atoms with E-state index in [1.807, 2.05) is 24.3 Å². The third-order valence-electron chi connectivity index (χ3n) is 3.17. The van der Waals surface area contributed by atoms with Gasteiger partial charge in [-0.1, -0.05) is 12.1 Å². The first-order chi connectivity index (χ1) is 9.52. The zero-order valence-corrected chi connectivity index (χ0v) is 14.5. The molecule has 5 heteroatoms. The van der Waals surface area contributed by atoms with E-state index in [0.29, 0.717) is 0 Å². The van der Waals surface area contributed by atoms with E-state index in [2.05, 4.69) is 43.8 Å². The summed E-state index contributed by atoms with van der Waals surface area (Å²) >= 11 is 5.32. The van der Waals surface area contributed by atoms with Crippen LogP contribution in [0.4, 0.5) is 8.78 Å². The Kier molecular flexibility index (Phi) is 5.51. The topological polar surface area (TPSA) is 12.0 Å². The molecule has 0 bridgehead atoms. The standard InChI is InChI=1S/C15H13BrF2IN/c1-20-14(9-2-4-10(19)5-3-9)8-11-13(17)7-6-12(16)15(11)18/h2-7,14,20H,8H2,1H3. The molecule has 2 aromatic carbocycles. The number of halogens is 4. The Hall–Kier alpha value is -0.530. The minimum atomic E-state index is -0.532. The van der Waals surface area contributed by atoms with Gasteiger partial charge in [0.1, 0.15) is 11.6 Å². The minimum Gasteiger partial charge on any atom is -0.313 e. The SMILES string of the molecule is CNC(Cc1c(F)ccc(Br)c1F)c1ccc(I)cc1. The van der Waals surface area contributed by atoms with Crippen molar-refractivity contribution in [2.45, 2.75) is 12.5 Å². The molecule has 106 valence electrons. The number of hydrogen-bond acceptors (Lipinski definition) is 1. The van der Waals surface area contributed by atoms with Crippen LogP contribution >= 0.6 is 38.5 Å². The Morgan fingerprint density at radius 2 is 1.80 bits per heavy atom. The highest BCUT2D eigenvalue weighted by Gasteiger charge is 2.18. The maximum absolute atomic E-state index is 14.0. The Bertz CT molecular complexity index is 602. The van der Waals surface area contributed by atoms with Crippen LogP contribution in [0.3, 0.4) is 0 Å². The van der Waals surface area contributed by atoms with Gasteiger partial charge >= 0.3 is 0 Å². The van der Waals surface area contributed by atoms with Gasteiger partial charge in [-0.05, 0) is 81.8 Å². The largest absolute Gasteiger partial charge is 0.313 e. The van der Waals surface area contributed by atoms with Crippen LogP contribution < -0.4 is 5.32 Å². The van der Waals surface area contributed by atoms with E-state index < -0.39 is 11.6 Å². The first kappa shape index (κ1) is 15.9. The average molecular weight is 452 g/mol. The van der Waals surface area contributed by atoms with Gasteiger partial charge in [0.2, 0.25) is 0 Å². The van der Waals surface area contributed by atoms with E-state index in [-0.39, 0.29) is 22.5 Å². The summed E-state index contributed by atoms with van der Waals surface area (Å²) in [5.41, 5.74) is 1.10. The molecule has 1 nitrogen and oxygen atoms in total. The Labute approximate surface area is 139 Å². The zero-order valence-electron chi connectivity index (χ0n) is 10.8. The molecule has 0 radical (unpaired) electrons. The average Bonchev–Trinajstić information content (AvgIpc) is 2.45. The van der Waals surface area contributed by atoms with E-state index in [4.69, 9.17) is 0 Å². The summed E-state index contributed by atoms with van der Waals surface area (Å²) in [5, 5.41) is 3.11. The third-order valence-corrected chi connectivity index (χ3v) is 4.50. The van der Waals surface area contributed by atoms with E-state index >= 15 is 0 Å². The van der Waals surface area contributed by atoms with Gasteiger partial charge in [0.05, 0.1) is 4.47 Å². The lowest BCUT2D eigenvalue weighted by Gasteiger charge is -2.18. The summed E-state index contributed by atoms with van der Waals surface area (Å²) in [5.74, 6) is -1.05. The molecular formula is C15H13BrF2IN. The van der Waals surface area contributed by atoms with E-state index in [1.165, 1.54) is 12.1 Å². The molecule has 2 rings (SSSR count). The maximum atomic E-state index is 14.0. The summed E-state index contributed by atoms with van der Waals surface area (Å²) in [6, 6.07) is 10.4. The van der Waals surface area contributed by atoms with Crippen LogP contribution in [0.25, 0.3) is 0 Å². The van der Waals surface area contributed by atoms with Gasteiger partial charge in [-0.2, -0.15) is 0 Å². The molecule has 20 heavy (non-hydrogen) atoms. The second-order valence-corrected chi connectivity index (χ2v) is 6.52. The van der Waals surface area contributed by atoms with Gasteiger partial charge in [-0.15, -0.1) is 0 Å². The summed E-state index contributed by atoms with van der Waals surface area (Å²) in [6.07, 6.45) is 0.258. The first-order valence-electron chi connectivity index (χ1n) is 6.08. The molecule has 1 unspecified atom stereocenters. The highest BCUT2D eigenvalue weighted by molar-refractivity contribution is 14.1. The van der Waals surface area contributed by atoms with Crippen molar-refractivity contribution in [1.29, 1.82) is 0 Å². The number of nitrogens with one attached hydrogen (secondary N) is 1. The van der Waals surface area contributed by atoms with Crippen molar-refractivity contribution in [1.82, 2.24) is 5.32 Å². The monoisotopic (exact) mass is 451 g/mol. The van der Waals surface area contributed by atoms with E-state index in [1.54, 1.807) is 7.05 Å². The molecule has 0 amide bonds. The molecule has 0 aromatic heterocycles. The Morgan fingerprint density at radius 3 is 2.40 bits per heavy atom. The molecule has 0 aliphatic rings. The number of benzene rings is 2. The highest BCUT2D eigenvalue weighted by Crippen LogP contribution is 2.26. The summed E-state index contributed by atoms with van der Waals surface area (Å²) in [6.45, 7) is 0. The third kappa shape index (κ3) is 3.56. The Balaban J connectivity index is 2.31. The second-order valence-electron chi connectivity index (χ2n) is 4.42. The number of hydrogen-bond donors (Lipinski definition) is 1. The molecule has 2 aromatic rings. The predicted octanol–water partition coefficient (Wildman–Crippen LogP) is 4.84. The van der Waals surface area contributed by atoms with Gasteiger partial charge < -0.3 is 5.32 Å². The van der Waals surface area contributed by atoms with Gasteiger partial charge in [0.15, 0.2) is 0 Å². The van der Waals surface area contributed by atoms with Crippen molar-refractivity contribution in [2.24, 2.45) is 0 Å². The molecule has 1 N–H and O–H groups in total.